The molecular formula is C32H28ClOZr-3. The Hall–Kier alpha value is -2.90. The van der Waals surface area contributed by atoms with Crippen LogP contribution < -0.4 is 17.5 Å². The number of halogens is 1. The summed E-state index contributed by atoms with van der Waals surface area (Å²) in [6, 6.07) is 50.0. The molecule has 0 amide bonds. The summed E-state index contributed by atoms with van der Waals surface area (Å²) in [5, 5.41) is 13.6. The van der Waals surface area contributed by atoms with E-state index in [1.807, 2.05) is 12.1 Å². The van der Waals surface area contributed by atoms with E-state index >= 15 is 0 Å². The Morgan fingerprint density at radius 2 is 0.829 bits per heavy atom. The van der Waals surface area contributed by atoms with Crippen molar-refractivity contribution in [3.05, 3.63) is 163 Å². The van der Waals surface area contributed by atoms with Crippen LogP contribution in [-0.4, -0.2) is 7.11 Å². The second-order valence-corrected chi connectivity index (χ2v) is 7.28. The molecule has 0 N–H and O–H groups in total. The van der Waals surface area contributed by atoms with Gasteiger partial charge in [-0.3, -0.25) is 0 Å². The van der Waals surface area contributed by atoms with Crippen molar-refractivity contribution in [1.29, 1.82) is 0 Å². The summed E-state index contributed by atoms with van der Waals surface area (Å²) in [5.41, 5.74) is 2.49. The third-order valence-corrected chi connectivity index (χ3v) is 5.03. The van der Waals surface area contributed by atoms with Crippen molar-refractivity contribution in [2.45, 2.75) is 0 Å². The average molecular weight is 555 g/mol. The average Bonchev–Trinajstić information content (AvgIpc) is 3.57. The first-order chi connectivity index (χ1) is 16.4. The first-order valence-corrected chi connectivity index (χ1v) is 10.9. The van der Waals surface area contributed by atoms with E-state index in [4.69, 9.17) is 5.11 Å². The first kappa shape index (κ1) is 30.1. The standard InChI is InChI=1S/C13H11.2C9H7.CH3O.ClH.Zr/c1-3-7-12(8-4-1)11-13-9-5-2-6-10-13;2*1-2-5-9-7-3-6-8(9)4-1;1-2;;/h1-11H;2*1-7H;1H3;1H;/q4*-1;;+2/p-1. The molecule has 0 aliphatic carbocycles. The van der Waals surface area contributed by atoms with Crippen LogP contribution >= 0.6 is 0 Å². The van der Waals surface area contributed by atoms with Gasteiger partial charge in [0.1, 0.15) is 0 Å². The minimum atomic E-state index is 0. The van der Waals surface area contributed by atoms with Gasteiger partial charge in [0.05, 0.1) is 0 Å². The fourth-order valence-electron chi connectivity index (χ4n) is 3.43. The van der Waals surface area contributed by atoms with Gasteiger partial charge in [-0.2, -0.15) is 42.1 Å². The van der Waals surface area contributed by atoms with Crippen LogP contribution in [0, 0.1) is 6.42 Å². The molecule has 35 heavy (non-hydrogen) atoms. The van der Waals surface area contributed by atoms with Gasteiger partial charge in [-0.15, -0.1) is 101 Å². The monoisotopic (exact) mass is 553 g/mol. The number of fused-ring (bicyclic) bond motifs is 2. The minimum absolute atomic E-state index is 0. The number of rotatable bonds is 2. The van der Waals surface area contributed by atoms with E-state index in [0.717, 1.165) is 7.11 Å². The Morgan fingerprint density at radius 1 is 0.486 bits per heavy atom. The summed E-state index contributed by atoms with van der Waals surface area (Å²) in [4.78, 5) is 0. The maximum atomic E-state index is 8.25. The zero-order chi connectivity index (χ0) is 23.1. The Labute approximate surface area is 234 Å². The van der Waals surface area contributed by atoms with E-state index in [1.54, 1.807) is 0 Å². The van der Waals surface area contributed by atoms with E-state index in [0.29, 0.717) is 0 Å². The van der Waals surface area contributed by atoms with Crippen LogP contribution in [0.25, 0.3) is 21.5 Å². The second kappa shape index (κ2) is 17.5. The van der Waals surface area contributed by atoms with Gasteiger partial charge in [-0.1, -0.05) is 48.5 Å². The Morgan fingerprint density at radius 3 is 1.20 bits per heavy atom. The van der Waals surface area contributed by atoms with Gasteiger partial charge in [0, 0.05) is 0 Å². The van der Waals surface area contributed by atoms with Gasteiger partial charge in [0.2, 0.25) is 0 Å². The number of benzene rings is 4. The quantitative estimate of drug-likeness (QED) is 0.291. The van der Waals surface area contributed by atoms with Crippen molar-refractivity contribution in [1.82, 2.24) is 0 Å². The molecule has 0 aromatic heterocycles. The summed E-state index contributed by atoms with van der Waals surface area (Å²) in [6.45, 7) is 0. The molecule has 0 aliphatic heterocycles. The Bertz CT molecular complexity index is 1140. The molecule has 3 heteroatoms. The van der Waals surface area contributed by atoms with E-state index < -0.39 is 0 Å². The largest absolute Gasteiger partial charge is 2.00 e. The summed E-state index contributed by atoms with van der Waals surface area (Å²) < 4.78 is 0. The molecule has 0 saturated heterocycles. The normalized spacial score (nSPS) is 8.97. The van der Waals surface area contributed by atoms with Crippen molar-refractivity contribution < 1.29 is 43.7 Å². The molecular weight excluding hydrogens is 527 g/mol. The molecule has 6 aromatic rings. The van der Waals surface area contributed by atoms with Crippen molar-refractivity contribution in [2.24, 2.45) is 0 Å². The SMILES string of the molecule is C[O-].[Cl-].[Zr+2].c1ccc([CH-]c2ccccc2)cc1.c1ccc2[cH-]ccc2c1.c1ccc2[cH-]ccc2c1. The van der Waals surface area contributed by atoms with Crippen LogP contribution in [0.4, 0.5) is 0 Å². The molecule has 0 saturated carbocycles. The molecule has 0 heterocycles. The van der Waals surface area contributed by atoms with Crippen molar-refractivity contribution in [3.8, 4) is 0 Å². The predicted molar refractivity (Wildman–Crippen MR) is 140 cm³/mol. The molecule has 176 valence electrons. The minimum Gasteiger partial charge on any atom is -1.00 e. The molecule has 6 aromatic carbocycles. The molecule has 0 spiro atoms. The number of hydrogen-bond donors (Lipinski definition) is 0. The molecule has 0 atom stereocenters. The summed E-state index contributed by atoms with van der Waals surface area (Å²) >= 11 is 0. The van der Waals surface area contributed by atoms with Crippen molar-refractivity contribution in [3.63, 3.8) is 0 Å². The predicted octanol–water partition coefficient (Wildman–Crippen LogP) is 4.38. The molecule has 1 nitrogen and oxygen atoms in total. The van der Waals surface area contributed by atoms with Gasteiger partial charge in [-0.05, 0) is 0 Å². The fraction of sp³-hybridized carbons (Fsp3) is 0.0312. The molecule has 0 unspecified atom stereocenters. The van der Waals surface area contributed by atoms with Gasteiger partial charge >= 0.3 is 26.2 Å². The third kappa shape index (κ3) is 10.1. The molecule has 0 radical (unpaired) electrons. The smallest absolute Gasteiger partial charge is 1.00 e. The van der Waals surface area contributed by atoms with Gasteiger partial charge in [-0.25, -0.2) is 0 Å². The fourth-order valence-corrected chi connectivity index (χ4v) is 3.43. The van der Waals surface area contributed by atoms with E-state index in [9.17, 15) is 0 Å². The summed E-state index contributed by atoms with van der Waals surface area (Å²) in [7, 11) is 0.750. The van der Waals surface area contributed by atoms with Gasteiger partial charge in [0.25, 0.3) is 0 Å². The number of hydrogen-bond acceptors (Lipinski definition) is 1. The van der Waals surface area contributed by atoms with Gasteiger partial charge < -0.3 is 17.5 Å². The van der Waals surface area contributed by atoms with Crippen LogP contribution in [0.15, 0.2) is 146 Å². The van der Waals surface area contributed by atoms with Crippen LogP contribution in [-0.2, 0) is 26.2 Å². The first-order valence-electron chi connectivity index (χ1n) is 10.9. The molecule has 0 bridgehead atoms. The molecule has 6 rings (SSSR count). The third-order valence-electron chi connectivity index (χ3n) is 5.03. The van der Waals surface area contributed by atoms with E-state index in [-0.39, 0.29) is 38.6 Å². The topological polar surface area (TPSA) is 23.1 Å². The van der Waals surface area contributed by atoms with Crippen molar-refractivity contribution >= 4 is 21.5 Å². The van der Waals surface area contributed by atoms with Crippen LogP contribution in [0.3, 0.4) is 0 Å². The maximum absolute atomic E-state index is 8.25. The van der Waals surface area contributed by atoms with Crippen LogP contribution in [0.2, 0.25) is 0 Å². The maximum Gasteiger partial charge on any atom is 2.00 e. The Kier molecular flexibility index (Phi) is 15.1. The van der Waals surface area contributed by atoms with Crippen LogP contribution in [0.5, 0.6) is 0 Å². The zero-order valence-electron chi connectivity index (χ0n) is 19.7. The van der Waals surface area contributed by atoms with Crippen molar-refractivity contribution in [2.75, 3.05) is 7.11 Å². The Balaban J connectivity index is 0.000000251. The summed E-state index contributed by atoms with van der Waals surface area (Å²) in [6.07, 6.45) is 2.17. The second-order valence-electron chi connectivity index (χ2n) is 7.28. The molecule has 0 fully saturated rings. The van der Waals surface area contributed by atoms with Gasteiger partial charge in [0.15, 0.2) is 0 Å². The van der Waals surface area contributed by atoms with Crippen LogP contribution in [0.1, 0.15) is 11.1 Å². The zero-order valence-corrected chi connectivity index (χ0v) is 22.9. The van der Waals surface area contributed by atoms with E-state index in [1.165, 1.54) is 32.7 Å². The van der Waals surface area contributed by atoms with E-state index in [2.05, 4.69) is 140 Å². The summed E-state index contributed by atoms with van der Waals surface area (Å²) in [5.74, 6) is 0. The molecule has 0 aliphatic rings.